The second-order valence-electron chi connectivity index (χ2n) is 6.41. The van der Waals surface area contributed by atoms with Crippen molar-refractivity contribution in [1.82, 2.24) is 5.32 Å². The number of rotatable bonds is 7. The van der Waals surface area contributed by atoms with E-state index in [-0.39, 0.29) is 17.6 Å². The largest absolute Gasteiger partial charge is 0.352 e. The Kier molecular flexibility index (Phi) is 6.90. The molecule has 0 spiro atoms. The van der Waals surface area contributed by atoms with Gasteiger partial charge in [0.2, 0.25) is 5.91 Å². The summed E-state index contributed by atoms with van der Waals surface area (Å²) >= 11 is 0. The van der Waals surface area contributed by atoms with E-state index in [1.807, 2.05) is 30.3 Å². The average Bonchev–Trinajstić information content (AvgIpc) is 2.74. The summed E-state index contributed by atoms with van der Waals surface area (Å²) in [7, 11) is 0. The third-order valence-electron chi connectivity index (χ3n) is 4.27. The minimum atomic E-state index is -0.376. The first-order valence-electron chi connectivity index (χ1n) is 9.27. The van der Waals surface area contributed by atoms with Crippen LogP contribution in [0.2, 0.25) is 0 Å². The molecule has 2 N–H and O–H groups in total. The number of carbonyl (C=O) groups excluding carboxylic acids is 2. The van der Waals surface area contributed by atoms with Crippen molar-refractivity contribution in [3.8, 4) is 0 Å². The Bertz CT molecular complexity index is 999. The molecule has 3 aromatic rings. The average molecular weight is 388 g/mol. The fourth-order valence-electron chi connectivity index (χ4n) is 2.77. The molecule has 5 heteroatoms. The molecule has 0 aliphatic heterocycles. The van der Waals surface area contributed by atoms with E-state index in [9.17, 15) is 14.0 Å². The highest BCUT2D eigenvalue weighted by Gasteiger charge is 2.11. The number of hydrogen-bond acceptors (Lipinski definition) is 2. The van der Waals surface area contributed by atoms with Crippen LogP contribution in [0.4, 0.5) is 10.1 Å². The van der Waals surface area contributed by atoms with E-state index < -0.39 is 0 Å². The van der Waals surface area contributed by atoms with Gasteiger partial charge in [-0.05, 0) is 47.9 Å². The quantitative estimate of drug-likeness (QED) is 0.588. The highest BCUT2D eigenvalue weighted by Crippen LogP contribution is 2.15. The number of nitrogens with one attached hydrogen (secondary N) is 2. The molecule has 0 heterocycles. The molecule has 3 rings (SSSR count). The summed E-state index contributed by atoms with van der Waals surface area (Å²) in [5.74, 6) is -0.961. The number of carbonyl (C=O) groups is 2. The van der Waals surface area contributed by atoms with Gasteiger partial charge in [0.1, 0.15) is 5.82 Å². The van der Waals surface area contributed by atoms with E-state index in [0.717, 1.165) is 12.0 Å². The zero-order chi connectivity index (χ0) is 20.5. The molecule has 0 bridgehead atoms. The minimum absolute atomic E-state index is 0.251. The fraction of sp³-hybridized carbons (Fsp3) is 0.0833. The fourth-order valence-corrected chi connectivity index (χ4v) is 2.77. The molecule has 146 valence electrons. The van der Waals surface area contributed by atoms with Gasteiger partial charge in [0.15, 0.2) is 0 Å². The van der Waals surface area contributed by atoms with Gasteiger partial charge in [-0.1, -0.05) is 54.6 Å². The molecule has 0 unspecified atom stereocenters. The smallest absolute Gasteiger partial charge is 0.253 e. The maximum atomic E-state index is 12.9. The summed E-state index contributed by atoms with van der Waals surface area (Å²) in [6.45, 7) is 0.496. The third-order valence-corrected chi connectivity index (χ3v) is 4.27. The molecule has 0 atom stereocenters. The molecular weight excluding hydrogens is 367 g/mol. The highest BCUT2D eigenvalue weighted by molar-refractivity contribution is 6.07. The number of halogens is 1. The van der Waals surface area contributed by atoms with Crippen LogP contribution in [0.25, 0.3) is 6.08 Å². The van der Waals surface area contributed by atoms with E-state index in [4.69, 9.17) is 0 Å². The van der Waals surface area contributed by atoms with Crippen molar-refractivity contribution in [2.75, 3.05) is 11.9 Å². The van der Waals surface area contributed by atoms with Crippen molar-refractivity contribution in [2.45, 2.75) is 6.42 Å². The Labute approximate surface area is 169 Å². The third kappa shape index (κ3) is 6.14. The molecule has 0 aliphatic carbocycles. The molecule has 29 heavy (non-hydrogen) atoms. The summed E-state index contributed by atoms with van der Waals surface area (Å²) in [5, 5.41) is 5.60. The maximum Gasteiger partial charge on any atom is 0.253 e. The molecule has 0 saturated carbocycles. The normalized spacial score (nSPS) is 10.7. The summed E-state index contributed by atoms with van der Waals surface area (Å²) in [5.41, 5.74) is 2.66. The maximum absolute atomic E-state index is 12.9. The zero-order valence-electron chi connectivity index (χ0n) is 15.8. The van der Waals surface area contributed by atoms with Gasteiger partial charge in [-0.2, -0.15) is 0 Å². The SMILES string of the molecule is O=C(C=Cc1ccc(F)cc1)Nc1ccccc1C(=O)NCCc1ccccc1. The molecule has 3 aromatic carbocycles. The summed E-state index contributed by atoms with van der Waals surface area (Å²) in [6.07, 6.45) is 3.65. The summed E-state index contributed by atoms with van der Waals surface area (Å²) in [4.78, 5) is 24.8. The lowest BCUT2D eigenvalue weighted by Gasteiger charge is -2.10. The standard InChI is InChI=1S/C24H21FN2O2/c25-20-13-10-19(11-14-20)12-15-23(28)27-22-9-5-4-8-21(22)24(29)26-17-16-18-6-2-1-3-7-18/h1-15H,16-17H2,(H,26,29)(H,27,28). The highest BCUT2D eigenvalue weighted by atomic mass is 19.1. The van der Waals surface area contributed by atoms with Crippen molar-refractivity contribution in [3.63, 3.8) is 0 Å². The van der Waals surface area contributed by atoms with E-state index in [1.54, 1.807) is 42.5 Å². The number of benzene rings is 3. The van der Waals surface area contributed by atoms with E-state index >= 15 is 0 Å². The predicted octanol–water partition coefficient (Wildman–Crippen LogP) is 4.45. The van der Waals surface area contributed by atoms with Crippen molar-refractivity contribution in [2.24, 2.45) is 0 Å². The minimum Gasteiger partial charge on any atom is -0.352 e. The lowest BCUT2D eigenvalue weighted by molar-refractivity contribution is -0.111. The van der Waals surface area contributed by atoms with Crippen LogP contribution in [-0.2, 0) is 11.2 Å². The van der Waals surface area contributed by atoms with Crippen LogP contribution in [0.5, 0.6) is 0 Å². The molecule has 4 nitrogen and oxygen atoms in total. The van der Waals surface area contributed by atoms with E-state index in [1.165, 1.54) is 18.2 Å². The Morgan fingerprint density at radius 3 is 2.31 bits per heavy atom. The first kappa shape index (κ1) is 20.0. The molecule has 0 radical (unpaired) electrons. The monoisotopic (exact) mass is 388 g/mol. The van der Waals surface area contributed by atoms with Crippen molar-refractivity contribution < 1.29 is 14.0 Å². The van der Waals surface area contributed by atoms with Gasteiger partial charge >= 0.3 is 0 Å². The van der Waals surface area contributed by atoms with Crippen molar-refractivity contribution >= 4 is 23.6 Å². The van der Waals surface area contributed by atoms with Crippen LogP contribution in [0.1, 0.15) is 21.5 Å². The first-order valence-corrected chi connectivity index (χ1v) is 9.27. The van der Waals surface area contributed by atoms with Gasteiger partial charge < -0.3 is 10.6 Å². The second kappa shape index (κ2) is 9.99. The first-order chi connectivity index (χ1) is 14.1. The van der Waals surface area contributed by atoms with Crippen LogP contribution in [-0.4, -0.2) is 18.4 Å². The number of anilines is 1. The molecule has 2 amide bonds. The molecule has 0 fully saturated rings. The Hall–Kier alpha value is -3.73. The molecule has 0 aliphatic rings. The Morgan fingerprint density at radius 2 is 1.55 bits per heavy atom. The predicted molar refractivity (Wildman–Crippen MR) is 113 cm³/mol. The second-order valence-corrected chi connectivity index (χ2v) is 6.41. The molecule has 0 saturated heterocycles. The van der Waals surface area contributed by atoms with Crippen LogP contribution < -0.4 is 10.6 Å². The van der Waals surface area contributed by atoms with Crippen molar-refractivity contribution in [1.29, 1.82) is 0 Å². The van der Waals surface area contributed by atoms with E-state index in [0.29, 0.717) is 23.4 Å². The number of amides is 2. The van der Waals surface area contributed by atoms with Crippen LogP contribution in [0.3, 0.4) is 0 Å². The number of para-hydroxylation sites is 1. The van der Waals surface area contributed by atoms with E-state index in [2.05, 4.69) is 10.6 Å². The van der Waals surface area contributed by atoms with Gasteiger partial charge in [0, 0.05) is 12.6 Å². The lowest BCUT2D eigenvalue weighted by Crippen LogP contribution is -2.27. The van der Waals surface area contributed by atoms with Gasteiger partial charge in [0.25, 0.3) is 5.91 Å². The van der Waals surface area contributed by atoms with Crippen LogP contribution in [0, 0.1) is 5.82 Å². The van der Waals surface area contributed by atoms with Gasteiger partial charge in [-0.25, -0.2) is 4.39 Å². The Morgan fingerprint density at radius 1 is 0.862 bits per heavy atom. The summed E-state index contributed by atoms with van der Waals surface area (Å²) < 4.78 is 12.9. The zero-order valence-corrected chi connectivity index (χ0v) is 15.8. The van der Waals surface area contributed by atoms with Crippen molar-refractivity contribution in [3.05, 3.63) is 107 Å². The molecule has 0 aromatic heterocycles. The Balaban J connectivity index is 1.59. The van der Waals surface area contributed by atoms with Crippen LogP contribution in [0.15, 0.2) is 84.9 Å². The summed E-state index contributed by atoms with van der Waals surface area (Å²) in [6, 6.07) is 22.5. The topological polar surface area (TPSA) is 58.2 Å². The van der Waals surface area contributed by atoms with Gasteiger partial charge in [0.05, 0.1) is 11.3 Å². The lowest BCUT2D eigenvalue weighted by atomic mass is 10.1. The molecular formula is C24H21FN2O2. The number of hydrogen-bond donors (Lipinski definition) is 2. The van der Waals surface area contributed by atoms with Gasteiger partial charge in [-0.15, -0.1) is 0 Å². The van der Waals surface area contributed by atoms with Crippen LogP contribution >= 0.6 is 0 Å². The van der Waals surface area contributed by atoms with Gasteiger partial charge in [-0.3, -0.25) is 9.59 Å².